The molecule has 0 bridgehead atoms. The van der Waals surface area contributed by atoms with Crippen molar-refractivity contribution >= 4 is 29.1 Å². The Morgan fingerprint density at radius 3 is 2.63 bits per heavy atom. The first kappa shape index (κ1) is 19.2. The van der Waals surface area contributed by atoms with Crippen LogP contribution >= 0.6 is 0 Å². The predicted octanol–water partition coefficient (Wildman–Crippen LogP) is 2.41. The Bertz CT molecular complexity index is 747. The maximum Gasteiger partial charge on any atom is 0.252 e. The molecule has 2 heterocycles. The number of imide groups is 1. The van der Waals surface area contributed by atoms with Crippen LogP contribution in [0.4, 0.5) is 11.4 Å². The van der Waals surface area contributed by atoms with Crippen molar-refractivity contribution in [1.29, 1.82) is 0 Å². The molecule has 0 radical (unpaired) electrons. The molecular weight excluding hydrogens is 346 g/mol. The Morgan fingerprint density at radius 2 is 2.00 bits per heavy atom. The number of amides is 3. The van der Waals surface area contributed by atoms with Gasteiger partial charge in [-0.2, -0.15) is 0 Å². The number of carbonyl (C=O) groups excluding carboxylic acids is 3. The van der Waals surface area contributed by atoms with Gasteiger partial charge in [-0.3, -0.25) is 19.3 Å². The van der Waals surface area contributed by atoms with Gasteiger partial charge in [-0.25, -0.2) is 0 Å². The SMILES string of the molecule is COc1cc(N[C@H]2CC(=O)N(CCC(C)C)C2=O)ccc1N1CCCC1=O. The van der Waals surface area contributed by atoms with Crippen molar-refractivity contribution in [1.82, 2.24) is 4.90 Å². The lowest BCUT2D eigenvalue weighted by Gasteiger charge is -2.21. The summed E-state index contributed by atoms with van der Waals surface area (Å²) in [5.41, 5.74) is 1.43. The van der Waals surface area contributed by atoms with Gasteiger partial charge in [0.25, 0.3) is 5.91 Å². The van der Waals surface area contributed by atoms with Gasteiger partial charge in [0.05, 0.1) is 19.2 Å². The van der Waals surface area contributed by atoms with Gasteiger partial charge in [-0.15, -0.1) is 0 Å². The van der Waals surface area contributed by atoms with Crippen molar-refractivity contribution < 1.29 is 19.1 Å². The summed E-state index contributed by atoms with van der Waals surface area (Å²) < 4.78 is 5.45. The number of rotatable bonds is 7. The van der Waals surface area contributed by atoms with E-state index in [1.54, 1.807) is 18.1 Å². The molecule has 27 heavy (non-hydrogen) atoms. The summed E-state index contributed by atoms with van der Waals surface area (Å²) >= 11 is 0. The largest absolute Gasteiger partial charge is 0.494 e. The highest BCUT2D eigenvalue weighted by atomic mass is 16.5. The lowest BCUT2D eigenvalue weighted by Crippen LogP contribution is -2.35. The van der Waals surface area contributed by atoms with Crippen LogP contribution in [0.2, 0.25) is 0 Å². The molecule has 2 saturated heterocycles. The number of methoxy groups -OCH3 is 1. The van der Waals surface area contributed by atoms with Crippen LogP contribution in [0.5, 0.6) is 5.75 Å². The Hall–Kier alpha value is -2.57. The van der Waals surface area contributed by atoms with Crippen LogP contribution in [0.1, 0.15) is 39.5 Å². The molecule has 2 aliphatic heterocycles. The van der Waals surface area contributed by atoms with Crippen molar-refractivity contribution in [3.63, 3.8) is 0 Å². The first-order valence-corrected chi connectivity index (χ1v) is 9.50. The van der Waals surface area contributed by atoms with Gasteiger partial charge in [0.15, 0.2) is 0 Å². The number of anilines is 2. The zero-order chi connectivity index (χ0) is 19.6. The third-order valence-electron chi connectivity index (χ3n) is 5.06. The monoisotopic (exact) mass is 373 g/mol. The highest BCUT2D eigenvalue weighted by Gasteiger charge is 2.38. The number of ether oxygens (including phenoxy) is 1. The third kappa shape index (κ3) is 4.07. The molecule has 1 aromatic rings. The van der Waals surface area contributed by atoms with Gasteiger partial charge in [0.1, 0.15) is 11.8 Å². The minimum atomic E-state index is -0.561. The van der Waals surface area contributed by atoms with E-state index >= 15 is 0 Å². The summed E-state index contributed by atoms with van der Waals surface area (Å²) in [4.78, 5) is 39.8. The molecule has 7 heteroatoms. The minimum Gasteiger partial charge on any atom is -0.494 e. The van der Waals surface area contributed by atoms with Crippen molar-refractivity contribution in [3.8, 4) is 5.75 Å². The van der Waals surface area contributed by atoms with E-state index in [0.29, 0.717) is 36.9 Å². The van der Waals surface area contributed by atoms with Crippen LogP contribution in [0.3, 0.4) is 0 Å². The minimum absolute atomic E-state index is 0.0892. The van der Waals surface area contributed by atoms with Crippen LogP contribution < -0.4 is 15.0 Å². The highest BCUT2D eigenvalue weighted by molar-refractivity contribution is 6.07. The van der Waals surface area contributed by atoms with Gasteiger partial charge in [-0.1, -0.05) is 13.8 Å². The predicted molar refractivity (Wildman–Crippen MR) is 103 cm³/mol. The third-order valence-corrected chi connectivity index (χ3v) is 5.06. The molecule has 2 fully saturated rings. The fraction of sp³-hybridized carbons (Fsp3) is 0.550. The number of nitrogens with one attached hydrogen (secondary N) is 1. The summed E-state index contributed by atoms with van der Waals surface area (Å²) in [6.45, 7) is 5.29. The van der Waals surface area contributed by atoms with Gasteiger partial charge in [-0.05, 0) is 30.9 Å². The zero-order valence-corrected chi connectivity index (χ0v) is 16.2. The van der Waals surface area contributed by atoms with Gasteiger partial charge < -0.3 is 15.0 Å². The first-order chi connectivity index (χ1) is 12.9. The van der Waals surface area contributed by atoms with Crippen molar-refractivity contribution in [2.24, 2.45) is 5.92 Å². The van der Waals surface area contributed by atoms with Crippen molar-refractivity contribution in [2.75, 3.05) is 30.4 Å². The van der Waals surface area contributed by atoms with Crippen LogP contribution in [0, 0.1) is 5.92 Å². The Kier molecular flexibility index (Phi) is 5.68. The van der Waals surface area contributed by atoms with Gasteiger partial charge in [0.2, 0.25) is 11.8 Å². The molecule has 0 unspecified atom stereocenters. The zero-order valence-electron chi connectivity index (χ0n) is 16.2. The second-order valence-electron chi connectivity index (χ2n) is 7.50. The first-order valence-electron chi connectivity index (χ1n) is 9.50. The molecule has 7 nitrogen and oxygen atoms in total. The topological polar surface area (TPSA) is 79.0 Å². The molecule has 146 valence electrons. The summed E-state index contributed by atoms with van der Waals surface area (Å²) in [6, 6.07) is 4.85. The number of nitrogens with zero attached hydrogens (tertiary/aromatic N) is 2. The van der Waals surface area contributed by atoms with E-state index in [1.165, 1.54) is 4.90 Å². The fourth-order valence-corrected chi connectivity index (χ4v) is 3.51. The second kappa shape index (κ2) is 7.98. The van der Waals surface area contributed by atoms with E-state index in [4.69, 9.17) is 4.74 Å². The molecule has 0 spiro atoms. The smallest absolute Gasteiger partial charge is 0.252 e. The summed E-state index contributed by atoms with van der Waals surface area (Å²) in [6.07, 6.45) is 2.35. The molecule has 2 aliphatic rings. The molecule has 3 amide bonds. The lowest BCUT2D eigenvalue weighted by atomic mass is 10.1. The maximum absolute atomic E-state index is 12.6. The van der Waals surface area contributed by atoms with Crippen molar-refractivity contribution in [3.05, 3.63) is 18.2 Å². The highest BCUT2D eigenvalue weighted by Crippen LogP contribution is 2.34. The molecular formula is C20H27N3O4. The van der Waals surface area contributed by atoms with Crippen molar-refractivity contribution in [2.45, 2.75) is 45.6 Å². The Balaban J connectivity index is 1.71. The molecule has 1 aromatic carbocycles. The lowest BCUT2D eigenvalue weighted by molar-refractivity contribution is -0.138. The van der Waals surface area contributed by atoms with E-state index in [9.17, 15) is 14.4 Å². The van der Waals surface area contributed by atoms with E-state index < -0.39 is 6.04 Å². The molecule has 0 aromatic heterocycles. The van der Waals surface area contributed by atoms with E-state index in [1.807, 2.05) is 12.1 Å². The van der Waals surface area contributed by atoms with Crippen LogP contribution in [-0.4, -0.2) is 48.9 Å². The number of hydrogen-bond acceptors (Lipinski definition) is 5. The fourth-order valence-electron chi connectivity index (χ4n) is 3.51. The molecule has 1 atom stereocenters. The second-order valence-corrected chi connectivity index (χ2v) is 7.50. The van der Waals surface area contributed by atoms with E-state index in [2.05, 4.69) is 19.2 Å². The van der Waals surface area contributed by atoms with Crippen LogP contribution in [0.15, 0.2) is 18.2 Å². The summed E-state index contributed by atoms with van der Waals surface area (Å²) in [7, 11) is 1.56. The summed E-state index contributed by atoms with van der Waals surface area (Å²) in [5.74, 6) is 0.778. The van der Waals surface area contributed by atoms with E-state index in [0.717, 1.165) is 18.5 Å². The number of benzene rings is 1. The molecule has 0 saturated carbocycles. The molecule has 0 aliphatic carbocycles. The Labute approximate surface area is 159 Å². The van der Waals surface area contributed by atoms with Crippen LogP contribution in [0.25, 0.3) is 0 Å². The quantitative estimate of drug-likeness (QED) is 0.743. The average molecular weight is 373 g/mol. The van der Waals surface area contributed by atoms with Gasteiger partial charge >= 0.3 is 0 Å². The molecule has 3 rings (SSSR count). The summed E-state index contributed by atoms with van der Waals surface area (Å²) in [5, 5.41) is 3.15. The van der Waals surface area contributed by atoms with E-state index in [-0.39, 0.29) is 24.1 Å². The normalized spacial score (nSPS) is 20.1. The molecule has 1 N–H and O–H groups in total. The maximum atomic E-state index is 12.6. The number of likely N-dealkylation sites (tertiary alicyclic amines) is 1. The standard InChI is InChI=1S/C20H27N3O4/c1-13(2)8-10-23-19(25)12-15(20(23)26)21-14-6-7-16(17(11-14)27-3)22-9-4-5-18(22)24/h6-7,11,13,15,21H,4-5,8-10,12H2,1-3H3/t15-/m0/s1. The number of carbonyl (C=O) groups is 3. The van der Waals surface area contributed by atoms with Crippen LogP contribution in [-0.2, 0) is 14.4 Å². The number of hydrogen-bond donors (Lipinski definition) is 1. The van der Waals surface area contributed by atoms with Gasteiger partial charge in [0, 0.05) is 31.3 Å². The Morgan fingerprint density at radius 1 is 1.22 bits per heavy atom. The average Bonchev–Trinajstić information content (AvgIpc) is 3.16.